The zero-order chi connectivity index (χ0) is 14.1. The molecule has 1 saturated heterocycles. The molecule has 6 nitrogen and oxygen atoms in total. The van der Waals surface area contributed by atoms with Crippen molar-refractivity contribution >= 4 is 34.4 Å². The summed E-state index contributed by atoms with van der Waals surface area (Å²) in [6.45, 7) is 0.786. The van der Waals surface area contributed by atoms with Crippen LogP contribution in [0.3, 0.4) is 0 Å². The van der Waals surface area contributed by atoms with E-state index in [-0.39, 0.29) is 11.9 Å². The lowest BCUT2D eigenvalue weighted by Crippen LogP contribution is -2.26. The Hall–Kier alpha value is -1.71. The van der Waals surface area contributed by atoms with Crippen molar-refractivity contribution in [1.29, 1.82) is 0 Å². The highest BCUT2D eigenvalue weighted by atomic mass is 127. The molecule has 0 radical (unpaired) electrons. The first-order valence-electron chi connectivity index (χ1n) is 5.91. The van der Waals surface area contributed by atoms with Crippen molar-refractivity contribution in [3.8, 4) is 0 Å². The fourth-order valence-electron chi connectivity index (χ4n) is 2.02. The van der Waals surface area contributed by atoms with Gasteiger partial charge in [-0.1, -0.05) is 5.21 Å². The van der Waals surface area contributed by atoms with Crippen LogP contribution in [-0.4, -0.2) is 33.7 Å². The minimum absolute atomic E-state index is 0.327. The third-order valence-corrected chi connectivity index (χ3v) is 3.83. The summed E-state index contributed by atoms with van der Waals surface area (Å²) >= 11 is 1.90. The highest BCUT2D eigenvalue weighted by Gasteiger charge is 2.33. The zero-order valence-corrected chi connectivity index (χ0v) is 12.4. The Labute approximate surface area is 127 Å². The molecule has 0 unspecified atom stereocenters. The third-order valence-electron chi connectivity index (χ3n) is 2.95. The number of aromatic nitrogens is 3. The molecule has 1 aliphatic rings. The van der Waals surface area contributed by atoms with E-state index in [9.17, 15) is 9.18 Å². The van der Waals surface area contributed by atoms with Crippen LogP contribution in [0.5, 0.6) is 0 Å². The number of benzene rings is 1. The summed E-state index contributed by atoms with van der Waals surface area (Å²) in [4.78, 5) is 13.3. The second kappa shape index (κ2) is 5.35. The van der Waals surface area contributed by atoms with E-state index in [4.69, 9.17) is 4.74 Å². The van der Waals surface area contributed by atoms with Crippen LogP contribution >= 0.6 is 22.6 Å². The summed E-state index contributed by atoms with van der Waals surface area (Å²) in [5.74, 6) is -0.351. The third kappa shape index (κ3) is 2.60. The maximum absolute atomic E-state index is 13.6. The van der Waals surface area contributed by atoms with Gasteiger partial charge in [-0.3, -0.25) is 4.90 Å². The Kier molecular flexibility index (Phi) is 3.55. The minimum atomic E-state index is -0.476. The van der Waals surface area contributed by atoms with Gasteiger partial charge in [-0.25, -0.2) is 13.9 Å². The first-order chi connectivity index (χ1) is 9.63. The smallest absolute Gasteiger partial charge is 0.414 e. The van der Waals surface area contributed by atoms with E-state index in [2.05, 4.69) is 10.3 Å². The maximum Gasteiger partial charge on any atom is 0.414 e. The van der Waals surface area contributed by atoms with Gasteiger partial charge < -0.3 is 4.74 Å². The molecule has 104 valence electrons. The number of halogens is 2. The van der Waals surface area contributed by atoms with Gasteiger partial charge >= 0.3 is 6.09 Å². The normalized spacial score (nSPS) is 18.4. The number of ether oxygens (including phenoxy) is 1. The summed E-state index contributed by atoms with van der Waals surface area (Å²) in [6, 6.07) is 4.66. The van der Waals surface area contributed by atoms with Crippen molar-refractivity contribution in [2.45, 2.75) is 12.6 Å². The predicted octanol–water partition coefficient (Wildman–Crippen LogP) is 2.05. The van der Waals surface area contributed by atoms with Gasteiger partial charge in [0.1, 0.15) is 11.9 Å². The Balaban J connectivity index is 1.75. The number of nitrogens with zero attached hydrogens (tertiary/aromatic N) is 4. The van der Waals surface area contributed by atoms with Crippen LogP contribution in [0.2, 0.25) is 0 Å². The summed E-state index contributed by atoms with van der Waals surface area (Å²) < 4.78 is 20.9. The minimum Gasteiger partial charge on any atom is -0.442 e. The molecular weight excluding hydrogens is 378 g/mol. The highest BCUT2D eigenvalue weighted by Crippen LogP contribution is 2.24. The van der Waals surface area contributed by atoms with Crippen molar-refractivity contribution in [2.24, 2.45) is 0 Å². The molecule has 0 saturated carbocycles. The van der Waals surface area contributed by atoms with Gasteiger partial charge in [0, 0.05) is 9.77 Å². The van der Waals surface area contributed by atoms with Crippen LogP contribution in [0.1, 0.15) is 0 Å². The van der Waals surface area contributed by atoms with Gasteiger partial charge in [0.2, 0.25) is 0 Å². The molecule has 0 spiro atoms. The summed E-state index contributed by atoms with van der Waals surface area (Å²) in [6.07, 6.45) is 2.45. The lowest BCUT2D eigenvalue weighted by molar-refractivity contribution is 0.129. The SMILES string of the molecule is O=C1O[C@H](Cn2ccnn2)CN1c1ccc(I)c(F)c1. The fraction of sp³-hybridized carbons (Fsp3) is 0.250. The molecule has 2 aromatic rings. The number of hydrogen-bond acceptors (Lipinski definition) is 4. The second-order valence-electron chi connectivity index (χ2n) is 4.34. The molecule has 8 heteroatoms. The van der Waals surface area contributed by atoms with E-state index in [1.54, 1.807) is 29.2 Å². The van der Waals surface area contributed by atoms with Gasteiger partial charge in [-0.05, 0) is 40.8 Å². The number of carbonyl (C=O) groups excluding carboxylic acids is 1. The molecule has 1 amide bonds. The number of carbonyl (C=O) groups is 1. The quantitative estimate of drug-likeness (QED) is 0.756. The van der Waals surface area contributed by atoms with E-state index in [0.717, 1.165) is 0 Å². The first kappa shape index (κ1) is 13.3. The van der Waals surface area contributed by atoms with Crippen LogP contribution in [0.4, 0.5) is 14.9 Å². The molecular formula is C12H10FIN4O2. The number of anilines is 1. The van der Waals surface area contributed by atoms with Gasteiger partial charge in [0.15, 0.2) is 0 Å². The molecule has 1 atom stereocenters. The van der Waals surface area contributed by atoms with Crippen LogP contribution < -0.4 is 4.90 Å². The fourth-order valence-corrected chi connectivity index (χ4v) is 2.35. The topological polar surface area (TPSA) is 60.3 Å². The Morgan fingerprint density at radius 2 is 2.35 bits per heavy atom. The molecule has 1 aromatic heterocycles. The van der Waals surface area contributed by atoms with Crippen molar-refractivity contribution in [3.05, 3.63) is 40.0 Å². The average molecular weight is 388 g/mol. The number of cyclic esters (lactones) is 1. The van der Waals surface area contributed by atoms with Crippen molar-refractivity contribution in [1.82, 2.24) is 15.0 Å². The van der Waals surface area contributed by atoms with Gasteiger partial charge in [-0.2, -0.15) is 0 Å². The van der Waals surface area contributed by atoms with Gasteiger partial charge in [0.05, 0.1) is 25.0 Å². The van der Waals surface area contributed by atoms with E-state index < -0.39 is 6.09 Å². The molecule has 3 rings (SSSR count). The maximum atomic E-state index is 13.6. The molecule has 1 aromatic carbocycles. The van der Waals surface area contributed by atoms with Crippen molar-refractivity contribution in [3.63, 3.8) is 0 Å². The monoisotopic (exact) mass is 388 g/mol. The predicted molar refractivity (Wildman–Crippen MR) is 76.8 cm³/mol. The van der Waals surface area contributed by atoms with Gasteiger partial charge in [0.25, 0.3) is 0 Å². The zero-order valence-electron chi connectivity index (χ0n) is 10.2. The lowest BCUT2D eigenvalue weighted by Gasteiger charge is -2.13. The van der Waals surface area contributed by atoms with E-state index in [1.807, 2.05) is 22.6 Å². The molecule has 1 aliphatic heterocycles. The van der Waals surface area contributed by atoms with Crippen LogP contribution in [-0.2, 0) is 11.3 Å². The number of amides is 1. The first-order valence-corrected chi connectivity index (χ1v) is 6.98. The molecule has 0 N–H and O–H groups in total. The Bertz CT molecular complexity index is 634. The number of rotatable bonds is 3. The second-order valence-corrected chi connectivity index (χ2v) is 5.50. The van der Waals surface area contributed by atoms with Crippen LogP contribution in [0.25, 0.3) is 0 Å². The summed E-state index contributed by atoms with van der Waals surface area (Å²) in [7, 11) is 0. The molecule has 2 heterocycles. The van der Waals surface area contributed by atoms with Crippen molar-refractivity contribution < 1.29 is 13.9 Å². The lowest BCUT2D eigenvalue weighted by atomic mass is 10.2. The average Bonchev–Trinajstić information content (AvgIpc) is 3.03. The summed E-state index contributed by atoms with van der Waals surface area (Å²) in [5.41, 5.74) is 0.494. The Morgan fingerprint density at radius 3 is 3.05 bits per heavy atom. The molecule has 20 heavy (non-hydrogen) atoms. The van der Waals surface area contributed by atoms with Crippen molar-refractivity contribution in [2.75, 3.05) is 11.4 Å². The largest absolute Gasteiger partial charge is 0.442 e. The van der Waals surface area contributed by atoms with Crippen LogP contribution in [0, 0.1) is 9.39 Å². The molecule has 0 bridgehead atoms. The standard InChI is InChI=1S/C12H10FIN4O2/c13-10-5-8(1-2-11(10)14)18-7-9(20-12(18)19)6-17-4-3-15-16-17/h1-5,9H,6-7H2/t9-/m1/s1. The molecule has 1 fully saturated rings. The van der Waals surface area contributed by atoms with E-state index in [1.165, 1.54) is 11.0 Å². The number of hydrogen-bond donors (Lipinski definition) is 0. The summed E-state index contributed by atoms with van der Waals surface area (Å²) in [5, 5.41) is 7.51. The van der Waals surface area contributed by atoms with E-state index in [0.29, 0.717) is 22.3 Å². The van der Waals surface area contributed by atoms with Gasteiger partial charge in [-0.15, -0.1) is 5.10 Å². The van der Waals surface area contributed by atoms with Crippen LogP contribution in [0.15, 0.2) is 30.6 Å². The van der Waals surface area contributed by atoms with E-state index >= 15 is 0 Å². The molecule has 0 aliphatic carbocycles. The highest BCUT2D eigenvalue weighted by molar-refractivity contribution is 14.1. The Morgan fingerprint density at radius 1 is 1.50 bits per heavy atom.